The third-order valence-corrected chi connectivity index (χ3v) is 6.11. The van der Waals surface area contributed by atoms with Gasteiger partial charge in [0.25, 0.3) is 17.5 Å². The summed E-state index contributed by atoms with van der Waals surface area (Å²) in [5, 5.41) is 7.62. The van der Waals surface area contributed by atoms with Gasteiger partial charge in [-0.1, -0.05) is 0 Å². The molecule has 0 fully saturated rings. The number of aromatic amines is 1. The van der Waals surface area contributed by atoms with Gasteiger partial charge in [-0.25, -0.2) is 18.3 Å². The van der Waals surface area contributed by atoms with Crippen LogP contribution in [0, 0.1) is 5.82 Å². The molecule has 3 aromatic heterocycles. The molecule has 0 saturated carbocycles. The molecule has 1 aromatic carbocycles. The Morgan fingerprint density at radius 2 is 1.81 bits per heavy atom. The number of anilines is 1. The molecule has 2 N–H and O–H groups in total. The van der Waals surface area contributed by atoms with E-state index in [0.29, 0.717) is 11.6 Å². The van der Waals surface area contributed by atoms with E-state index in [1.165, 1.54) is 22.9 Å². The van der Waals surface area contributed by atoms with Crippen LogP contribution >= 0.6 is 0 Å². The molecule has 0 saturated heterocycles. The molecular formula is C25H20F8N6O3. The van der Waals surface area contributed by atoms with Crippen LogP contribution in [0.25, 0.3) is 22.0 Å². The predicted molar refractivity (Wildman–Crippen MR) is 133 cm³/mol. The van der Waals surface area contributed by atoms with Crippen molar-refractivity contribution in [2.75, 3.05) is 11.9 Å². The highest BCUT2D eigenvalue weighted by Crippen LogP contribution is 2.32. The second kappa shape index (κ2) is 12.6. The first-order valence-electron chi connectivity index (χ1n) is 12.1. The fraction of sp³-hybridized carbons (Fsp3) is 0.320. The normalized spacial score (nSPS) is 12.8. The summed E-state index contributed by atoms with van der Waals surface area (Å²) in [7, 11) is 0. The lowest BCUT2D eigenvalue weighted by Crippen LogP contribution is -2.32. The van der Waals surface area contributed by atoms with Crippen molar-refractivity contribution in [3.05, 3.63) is 80.8 Å². The Labute approximate surface area is 230 Å². The fourth-order valence-electron chi connectivity index (χ4n) is 4.17. The van der Waals surface area contributed by atoms with Crippen LogP contribution in [-0.4, -0.2) is 44.0 Å². The molecule has 4 rings (SSSR count). The maximum Gasteiger partial charge on any atom is 0.423 e. The number of ether oxygens (including phenoxy) is 1. The molecule has 1 unspecified atom stereocenters. The second-order valence-corrected chi connectivity index (χ2v) is 8.92. The molecule has 0 spiro atoms. The Hall–Kier alpha value is -4.41. The topological polar surface area (TPSA) is 115 Å². The number of H-pyrrole nitrogens is 1. The third kappa shape index (κ3) is 7.07. The van der Waals surface area contributed by atoms with Crippen LogP contribution in [0.1, 0.15) is 30.5 Å². The summed E-state index contributed by atoms with van der Waals surface area (Å²) in [6.07, 6.45) is -4.08. The Kier molecular flexibility index (Phi) is 9.18. The number of benzene rings is 1. The smallest absolute Gasteiger partial charge is 0.378 e. The molecule has 0 aliphatic rings. The number of rotatable bonds is 11. The number of hydrogen-bond donors (Lipinski definition) is 2. The van der Waals surface area contributed by atoms with Gasteiger partial charge in [-0.3, -0.25) is 19.6 Å². The Balaban J connectivity index is 1.52. The second-order valence-electron chi connectivity index (χ2n) is 8.92. The molecule has 9 nitrogen and oxygen atoms in total. The van der Waals surface area contributed by atoms with Gasteiger partial charge >= 0.3 is 12.8 Å². The SMILES string of the molecule is O=c1[nH]ncc(NC(CCCn2ccc3cc(-c4cnc(C(F)F)cn4)c(F)cc3c2=O)COC(F)F)c1C(F)(F)F. The summed E-state index contributed by atoms with van der Waals surface area (Å²) in [5.41, 5.74) is -5.18. The van der Waals surface area contributed by atoms with Gasteiger partial charge in [-0.05, 0) is 36.4 Å². The number of pyridine rings is 1. The molecular weight excluding hydrogens is 584 g/mol. The highest BCUT2D eigenvalue weighted by atomic mass is 19.4. The largest absolute Gasteiger partial charge is 0.423 e. The van der Waals surface area contributed by atoms with Crippen LogP contribution in [-0.2, 0) is 17.5 Å². The lowest BCUT2D eigenvalue weighted by atomic mass is 10.1. The minimum atomic E-state index is -5.07. The average molecular weight is 604 g/mol. The Bertz CT molecular complexity index is 1660. The lowest BCUT2D eigenvalue weighted by Gasteiger charge is -2.22. The Morgan fingerprint density at radius 1 is 1.05 bits per heavy atom. The molecule has 0 aliphatic carbocycles. The molecule has 3 heterocycles. The summed E-state index contributed by atoms with van der Waals surface area (Å²) in [6.45, 7) is -3.99. The zero-order valence-corrected chi connectivity index (χ0v) is 21.1. The number of aromatic nitrogens is 5. The van der Waals surface area contributed by atoms with Crippen LogP contribution in [0.4, 0.5) is 40.8 Å². The van der Waals surface area contributed by atoms with E-state index in [-0.39, 0.29) is 36.0 Å². The summed E-state index contributed by atoms with van der Waals surface area (Å²) >= 11 is 0. The summed E-state index contributed by atoms with van der Waals surface area (Å²) in [6, 6.07) is 2.59. The molecule has 0 amide bonds. The van der Waals surface area contributed by atoms with Gasteiger partial charge in [-0.2, -0.15) is 27.1 Å². The fourth-order valence-corrected chi connectivity index (χ4v) is 4.17. The van der Waals surface area contributed by atoms with Crippen molar-refractivity contribution in [2.24, 2.45) is 0 Å². The van der Waals surface area contributed by atoms with Crippen molar-refractivity contribution in [1.82, 2.24) is 24.7 Å². The van der Waals surface area contributed by atoms with Crippen molar-refractivity contribution in [1.29, 1.82) is 0 Å². The van der Waals surface area contributed by atoms with Gasteiger partial charge in [-0.15, -0.1) is 0 Å². The van der Waals surface area contributed by atoms with E-state index in [9.17, 15) is 44.7 Å². The number of nitrogens with zero attached hydrogens (tertiary/aromatic N) is 4. The van der Waals surface area contributed by atoms with Crippen molar-refractivity contribution in [3.63, 3.8) is 0 Å². The molecule has 1 atom stereocenters. The van der Waals surface area contributed by atoms with Gasteiger partial charge in [0.2, 0.25) is 0 Å². The average Bonchev–Trinajstić information content (AvgIpc) is 2.92. The first kappa shape index (κ1) is 30.5. The van der Waals surface area contributed by atoms with Gasteiger partial charge < -0.3 is 14.6 Å². The number of aryl methyl sites for hydroxylation is 1. The van der Waals surface area contributed by atoms with E-state index in [1.807, 2.05) is 0 Å². The van der Waals surface area contributed by atoms with Crippen LogP contribution in [0.2, 0.25) is 0 Å². The zero-order valence-electron chi connectivity index (χ0n) is 21.1. The van der Waals surface area contributed by atoms with E-state index in [0.717, 1.165) is 18.5 Å². The highest BCUT2D eigenvalue weighted by Gasteiger charge is 2.37. The van der Waals surface area contributed by atoms with Crippen molar-refractivity contribution in [2.45, 2.75) is 44.6 Å². The minimum Gasteiger partial charge on any atom is -0.378 e. The van der Waals surface area contributed by atoms with Crippen LogP contribution < -0.4 is 16.4 Å². The highest BCUT2D eigenvalue weighted by molar-refractivity contribution is 5.86. The molecule has 0 aliphatic heterocycles. The van der Waals surface area contributed by atoms with Gasteiger partial charge in [0.1, 0.15) is 17.1 Å². The monoisotopic (exact) mass is 604 g/mol. The molecule has 0 radical (unpaired) electrons. The van der Waals surface area contributed by atoms with E-state index in [1.54, 1.807) is 5.10 Å². The summed E-state index contributed by atoms with van der Waals surface area (Å²) in [4.78, 5) is 32.1. The van der Waals surface area contributed by atoms with E-state index in [2.05, 4.69) is 25.1 Å². The van der Waals surface area contributed by atoms with Crippen LogP contribution in [0.5, 0.6) is 0 Å². The third-order valence-electron chi connectivity index (χ3n) is 6.11. The molecule has 224 valence electrons. The first-order chi connectivity index (χ1) is 19.8. The number of nitrogens with one attached hydrogen (secondary N) is 2. The maximum atomic E-state index is 14.9. The molecule has 0 bridgehead atoms. The molecule has 4 aromatic rings. The van der Waals surface area contributed by atoms with Crippen LogP contribution in [0.3, 0.4) is 0 Å². The van der Waals surface area contributed by atoms with Gasteiger partial charge in [0, 0.05) is 24.3 Å². The summed E-state index contributed by atoms with van der Waals surface area (Å²) in [5.74, 6) is -0.864. The lowest BCUT2D eigenvalue weighted by molar-refractivity contribution is -0.138. The number of hydrogen-bond acceptors (Lipinski definition) is 7. The minimum absolute atomic E-state index is 0.0307. The predicted octanol–water partition coefficient (Wildman–Crippen LogP) is 5.14. The molecule has 42 heavy (non-hydrogen) atoms. The van der Waals surface area contributed by atoms with E-state index < -0.39 is 65.7 Å². The van der Waals surface area contributed by atoms with E-state index >= 15 is 0 Å². The zero-order chi connectivity index (χ0) is 30.6. The Morgan fingerprint density at radius 3 is 2.45 bits per heavy atom. The molecule has 17 heteroatoms. The summed E-state index contributed by atoms with van der Waals surface area (Å²) < 4.78 is 111. The first-order valence-corrected chi connectivity index (χ1v) is 12.1. The van der Waals surface area contributed by atoms with Gasteiger partial charge in [0.05, 0.1) is 42.0 Å². The van der Waals surface area contributed by atoms with Crippen molar-refractivity contribution >= 4 is 16.5 Å². The van der Waals surface area contributed by atoms with Crippen molar-refractivity contribution in [3.8, 4) is 11.3 Å². The van der Waals surface area contributed by atoms with E-state index in [4.69, 9.17) is 0 Å². The van der Waals surface area contributed by atoms with Crippen LogP contribution in [0.15, 0.2) is 52.6 Å². The van der Waals surface area contributed by atoms with Crippen molar-refractivity contribution < 1.29 is 39.9 Å². The quantitative estimate of drug-likeness (QED) is 0.228. The number of halogens is 8. The maximum absolute atomic E-state index is 14.9. The number of alkyl halides is 7. The standard InChI is InChI=1S/C25H20F8N6O3/c26-16-7-14-12(6-15(16)17-8-35-19(9-34-17)21(27)28)3-5-39(23(14)41)4-1-2-13(11-42-24(29)30)37-18-10-36-38-22(40)20(18)25(31,32)33/h3,5-10,13,21,24H,1-2,4,11H2,(H2,37,38,40). The van der Waals surface area contributed by atoms with Gasteiger partial charge in [0.15, 0.2) is 0 Å². The number of fused-ring (bicyclic) bond motifs is 1.